The zero-order valence-electron chi connectivity index (χ0n) is 23.8. The van der Waals surface area contributed by atoms with Gasteiger partial charge in [-0.15, -0.1) is 0 Å². The highest BCUT2D eigenvalue weighted by molar-refractivity contribution is 6.00. The molecule has 0 unspecified atom stereocenters. The van der Waals surface area contributed by atoms with Gasteiger partial charge in [0.25, 0.3) is 5.91 Å². The van der Waals surface area contributed by atoms with Gasteiger partial charge in [-0.25, -0.2) is 13.8 Å². The van der Waals surface area contributed by atoms with E-state index < -0.39 is 17.5 Å². The normalized spacial score (nSPS) is 9.67. The molecule has 0 spiro atoms. The molecule has 0 atom stereocenters. The molecular formula is C29H42F2N4O4. The standard InChI is InChI=1S/C17H21N3O3.C7H6F2.C4H11N.CH4O/c1-3-6-20(7-4-2)17(22)14-10-12(15(18)21)9-13(11-14)16-19-5-8-23-16;1-5-2-6(8)4-7(9)3-5;1-3-4-5-2;1-2/h5,8-11H,3-4,6-7H2,1-2H3,(H2,18,21);2-4H,1H3;5H,3-4H2,1-2H3;2H,1H3. The summed E-state index contributed by atoms with van der Waals surface area (Å²) in [5.74, 6) is -1.41. The Labute approximate surface area is 230 Å². The number of rotatable bonds is 9. The van der Waals surface area contributed by atoms with Crippen LogP contribution in [0.4, 0.5) is 8.78 Å². The van der Waals surface area contributed by atoms with Gasteiger partial charge in [0, 0.05) is 43.0 Å². The van der Waals surface area contributed by atoms with E-state index in [1.165, 1.54) is 37.1 Å². The number of primary amides is 1. The van der Waals surface area contributed by atoms with Gasteiger partial charge in [-0.2, -0.15) is 0 Å². The lowest BCUT2D eigenvalue weighted by atomic mass is 10.0. The quantitative estimate of drug-likeness (QED) is 0.338. The molecule has 10 heteroatoms. The van der Waals surface area contributed by atoms with E-state index in [1.54, 1.807) is 24.0 Å². The van der Waals surface area contributed by atoms with Crippen molar-refractivity contribution in [3.8, 4) is 11.5 Å². The van der Waals surface area contributed by atoms with Gasteiger partial charge in [0.15, 0.2) is 0 Å². The van der Waals surface area contributed by atoms with Crippen molar-refractivity contribution in [2.45, 2.75) is 47.0 Å². The zero-order valence-corrected chi connectivity index (χ0v) is 23.8. The number of aromatic nitrogens is 1. The van der Waals surface area contributed by atoms with Gasteiger partial charge in [-0.05, 0) is 75.7 Å². The van der Waals surface area contributed by atoms with Crippen molar-refractivity contribution < 1.29 is 27.9 Å². The smallest absolute Gasteiger partial charge is 0.253 e. The van der Waals surface area contributed by atoms with Gasteiger partial charge in [0.1, 0.15) is 17.9 Å². The van der Waals surface area contributed by atoms with Crippen LogP contribution in [0.5, 0.6) is 0 Å². The summed E-state index contributed by atoms with van der Waals surface area (Å²) in [6, 6.07) is 8.20. The Kier molecular flexibility index (Phi) is 18.5. The Morgan fingerprint density at radius 1 is 0.949 bits per heavy atom. The van der Waals surface area contributed by atoms with Crippen LogP contribution in [0.15, 0.2) is 53.3 Å². The molecule has 0 radical (unpaired) electrons. The SMILES string of the molecule is CCCN(CCC)C(=O)c1cc(C(N)=O)cc(-c2ncco2)c1.CCCNC.CO.Cc1cc(F)cc(F)c1. The molecule has 2 aromatic carbocycles. The van der Waals surface area contributed by atoms with Gasteiger partial charge >= 0.3 is 0 Å². The fraction of sp³-hybridized carbons (Fsp3) is 0.414. The van der Waals surface area contributed by atoms with E-state index in [0.717, 1.165) is 32.6 Å². The fourth-order valence-electron chi connectivity index (χ4n) is 3.36. The van der Waals surface area contributed by atoms with E-state index in [0.29, 0.717) is 35.7 Å². The summed E-state index contributed by atoms with van der Waals surface area (Å²) < 4.78 is 29.6. The number of nitrogens with two attached hydrogens (primary N) is 1. The lowest BCUT2D eigenvalue weighted by Gasteiger charge is -2.22. The van der Waals surface area contributed by atoms with Crippen molar-refractivity contribution in [2.75, 3.05) is 33.8 Å². The minimum absolute atomic E-state index is 0.121. The molecule has 8 nitrogen and oxygen atoms in total. The van der Waals surface area contributed by atoms with Gasteiger partial charge in [0.05, 0.1) is 6.20 Å². The maximum atomic E-state index is 12.7. The van der Waals surface area contributed by atoms with Crippen LogP contribution in [0.1, 0.15) is 66.3 Å². The molecule has 3 rings (SSSR count). The van der Waals surface area contributed by atoms with Gasteiger partial charge in [0.2, 0.25) is 11.8 Å². The zero-order chi connectivity index (χ0) is 29.8. The summed E-state index contributed by atoms with van der Waals surface area (Å²) in [4.78, 5) is 30.1. The summed E-state index contributed by atoms with van der Waals surface area (Å²) in [5, 5.41) is 10.0. The average molecular weight is 549 g/mol. The molecule has 0 saturated carbocycles. The minimum Gasteiger partial charge on any atom is -0.445 e. The number of carbonyl (C=O) groups is 2. The molecule has 0 aliphatic heterocycles. The van der Waals surface area contributed by atoms with Crippen LogP contribution in [0.25, 0.3) is 11.5 Å². The largest absolute Gasteiger partial charge is 0.445 e. The topological polar surface area (TPSA) is 122 Å². The lowest BCUT2D eigenvalue weighted by Crippen LogP contribution is -2.32. The Morgan fingerprint density at radius 3 is 1.90 bits per heavy atom. The molecule has 4 N–H and O–H groups in total. The van der Waals surface area contributed by atoms with Crippen LogP contribution in [0.3, 0.4) is 0 Å². The van der Waals surface area contributed by atoms with Crippen molar-refractivity contribution in [1.29, 1.82) is 0 Å². The van der Waals surface area contributed by atoms with Crippen LogP contribution >= 0.6 is 0 Å². The number of nitrogens with zero attached hydrogens (tertiary/aromatic N) is 2. The molecule has 0 saturated heterocycles. The summed E-state index contributed by atoms with van der Waals surface area (Å²) in [6.45, 7) is 10.3. The second-order valence-electron chi connectivity index (χ2n) is 8.34. The maximum absolute atomic E-state index is 12.7. The predicted octanol–water partition coefficient (Wildman–Crippen LogP) is 5.20. The van der Waals surface area contributed by atoms with Crippen LogP contribution < -0.4 is 11.1 Å². The maximum Gasteiger partial charge on any atom is 0.253 e. The Bertz CT molecular complexity index is 1050. The molecule has 0 bridgehead atoms. The minimum atomic E-state index is -0.593. The van der Waals surface area contributed by atoms with Gasteiger partial charge < -0.3 is 25.5 Å². The lowest BCUT2D eigenvalue weighted by molar-refractivity contribution is 0.0755. The number of oxazole rings is 1. The van der Waals surface area contributed by atoms with Gasteiger partial charge in [-0.3, -0.25) is 9.59 Å². The number of benzene rings is 2. The van der Waals surface area contributed by atoms with E-state index >= 15 is 0 Å². The average Bonchev–Trinajstić information content (AvgIpc) is 3.45. The molecular weight excluding hydrogens is 506 g/mol. The molecule has 1 aromatic heterocycles. The van der Waals surface area contributed by atoms with E-state index in [1.807, 2.05) is 20.9 Å². The molecule has 1 heterocycles. The number of halogens is 2. The van der Waals surface area contributed by atoms with Crippen molar-refractivity contribution in [2.24, 2.45) is 5.73 Å². The Hall–Kier alpha value is -3.63. The van der Waals surface area contributed by atoms with Gasteiger partial charge in [-0.1, -0.05) is 20.8 Å². The first-order chi connectivity index (χ1) is 18.7. The molecule has 0 aliphatic carbocycles. The Balaban J connectivity index is 0.000000739. The molecule has 0 aliphatic rings. The van der Waals surface area contributed by atoms with Crippen LogP contribution in [-0.4, -0.2) is 60.6 Å². The summed E-state index contributed by atoms with van der Waals surface area (Å²) >= 11 is 0. The third-order valence-corrected chi connectivity index (χ3v) is 4.92. The first-order valence-electron chi connectivity index (χ1n) is 12.8. The summed E-state index contributed by atoms with van der Waals surface area (Å²) in [6.07, 6.45) is 5.92. The van der Waals surface area contributed by atoms with Crippen molar-refractivity contribution in [1.82, 2.24) is 15.2 Å². The second-order valence-corrected chi connectivity index (χ2v) is 8.34. The first kappa shape index (κ1) is 35.4. The number of aliphatic hydroxyl groups is 1. The van der Waals surface area contributed by atoms with Crippen LogP contribution in [0.2, 0.25) is 0 Å². The third kappa shape index (κ3) is 13.6. The Morgan fingerprint density at radius 2 is 1.51 bits per heavy atom. The molecule has 2 amide bonds. The number of amides is 2. The van der Waals surface area contributed by atoms with Crippen LogP contribution in [0, 0.1) is 18.6 Å². The number of nitrogens with one attached hydrogen (secondary N) is 1. The number of aliphatic hydroxyl groups excluding tert-OH is 1. The highest BCUT2D eigenvalue weighted by atomic mass is 19.1. The van der Waals surface area contributed by atoms with Crippen molar-refractivity contribution in [3.63, 3.8) is 0 Å². The predicted molar refractivity (Wildman–Crippen MR) is 150 cm³/mol. The van der Waals surface area contributed by atoms with Crippen molar-refractivity contribution >= 4 is 11.8 Å². The van der Waals surface area contributed by atoms with E-state index in [9.17, 15) is 18.4 Å². The van der Waals surface area contributed by atoms with E-state index in [2.05, 4.69) is 17.2 Å². The van der Waals surface area contributed by atoms with Crippen LogP contribution in [-0.2, 0) is 0 Å². The number of hydrogen-bond donors (Lipinski definition) is 3. The molecule has 3 aromatic rings. The highest BCUT2D eigenvalue weighted by Crippen LogP contribution is 2.22. The second kappa shape index (κ2) is 20.3. The number of carbonyl (C=O) groups excluding carboxylic acids is 2. The monoisotopic (exact) mass is 548 g/mol. The number of hydrogen-bond acceptors (Lipinski definition) is 6. The highest BCUT2D eigenvalue weighted by Gasteiger charge is 2.18. The first-order valence-corrected chi connectivity index (χ1v) is 12.8. The van der Waals surface area contributed by atoms with E-state index in [4.69, 9.17) is 15.3 Å². The van der Waals surface area contributed by atoms with Crippen molar-refractivity contribution in [3.05, 3.63) is 77.2 Å². The summed E-state index contributed by atoms with van der Waals surface area (Å²) in [7, 11) is 2.96. The molecule has 0 fully saturated rings. The van der Waals surface area contributed by atoms with E-state index in [-0.39, 0.29) is 11.5 Å². The molecule has 39 heavy (non-hydrogen) atoms. The number of aryl methyl sites for hydroxylation is 1. The summed E-state index contributed by atoms with van der Waals surface area (Å²) in [5.41, 5.74) is 7.22. The third-order valence-electron chi connectivity index (χ3n) is 4.92. The fourth-order valence-corrected chi connectivity index (χ4v) is 3.36. The molecule has 216 valence electrons.